The van der Waals surface area contributed by atoms with Crippen LogP contribution in [0.1, 0.15) is 49.4 Å². The third-order valence-corrected chi connectivity index (χ3v) is 4.35. The van der Waals surface area contributed by atoms with Gasteiger partial charge in [-0.3, -0.25) is 4.79 Å². The normalized spacial score (nSPS) is 20.6. The van der Waals surface area contributed by atoms with Crippen LogP contribution in [-0.4, -0.2) is 30.3 Å². The van der Waals surface area contributed by atoms with Crippen molar-refractivity contribution in [3.05, 3.63) is 35.6 Å². The molecular formula is C17H24FNO. The van der Waals surface area contributed by atoms with Crippen LogP contribution in [0.5, 0.6) is 0 Å². The van der Waals surface area contributed by atoms with Crippen LogP contribution in [0.15, 0.2) is 24.3 Å². The summed E-state index contributed by atoms with van der Waals surface area (Å²) < 4.78 is 13.5. The summed E-state index contributed by atoms with van der Waals surface area (Å²) in [5.74, 6) is 0.348. The van der Waals surface area contributed by atoms with Gasteiger partial charge in [0.2, 0.25) is 0 Å². The lowest BCUT2D eigenvalue weighted by atomic mass is 9.98. The zero-order valence-corrected chi connectivity index (χ0v) is 12.3. The molecule has 1 atom stereocenters. The van der Waals surface area contributed by atoms with Gasteiger partial charge in [0.15, 0.2) is 5.78 Å². The number of nitrogens with zero attached hydrogens (tertiary/aromatic N) is 1. The smallest absolute Gasteiger partial charge is 0.167 e. The van der Waals surface area contributed by atoms with E-state index in [1.165, 1.54) is 31.7 Å². The number of benzene rings is 1. The molecule has 0 N–H and O–H groups in total. The minimum Gasteiger partial charge on any atom is -0.303 e. The summed E-state index contributed by atoms with van der Waals surface area (Å²) in [6, 6.07) is 6.26. The van der Waals surface area contributed by atoms with Crippen LogP contribution in [0.2, 0.25) is 0 Å². The van der Waals surface area contributed by atoms with Gasteiger partial charge in [-0.25, -0.2) is 4.39 Å². The van der Waals surface area contributed by atoms with Crippen molar-refractivity contribution in [3.63, 3.8) is 0 Å². The van der Waals surface area contributed by atoms with Crippen LogP contribution in [-0.2, 0) is 0 Å². The fourth-order valence-corrected chi connectivity index (χ4v) is 2.94. The minimum atomic E-state index is -0.403. The van der Waals surface area contributed by atoms with Gasteiger partial charge in [0.05, 0.1) is 5.56 Å². The maximum absolute atomic E-state index is 13.5. The summed E-state index contributed by atoms with van der Waals surface area (Å²) in [6.07, 6.45) is 5.41. The SMILES string of the molecule is CCC1CCCN(CCC(=O)c2ccccc2F)CC1. The second-order valence-electron chi connectivity index (χ2n) is 5.70. The van der Waals surface area contributed by atoms with Gasteiger partial charge >= 0.3 is 0 Å². The highest BCUT2D eigenvalue weighted by Crippen LogP contribution is 2.20. The van der Waals surface area contributed by atoms with Gasteiger partial charge in [-0.2, -0.15) is 0 Å². The third-order valence-electron chi connectivity index (χ3n) is 4.35. The number of hydrogen-bond acceptors (Lipinski definition) is 2. The summed E-state index contributed by atoms with van der Waals surface area (Å²) in [7, 11) is 0. The monoisotopic (exact) mass is 277 g/mol. The number of carbonyl (C=O) groups is 1. The van der Waals surface area contributed by atoms with Crippen LogP contribution in [0, 0.1) is 11.7 Å². The molecule has 1 aliphatic heterocycles. The van der Waals surface area contributed by atoms with E-state index in [1.54, 1.807) is 18.2 Å². The summed E-state index contributed by atoms with van der Waals surface area (Å²) in [6.45, 7) is 5.15. The van der Waals surface area contributed by atoms with Crippen LogP contribution < -0.4 is 0 Å². The van der Waals surface area contributed by atoms with E-state index < -0.39 is 5.82 Å². The van der Waals surface area contributed by atoms with E-state index in [2.05, 4.69) is 11.8 Å². The highest BCUT2D eigenvalue weighted by molar-refractivity contribution is 5.96. The lowest BCUT2D eigenvalue weighted by molar-refractivity contribution is 0.0960. The van der Waals surface area contributed by atoms with Crippen molar-refractivity contribution in [1.29, 1.82) is 0 Å². The fourth-order valence-electron chi connectivity index (χ4n) is 2.94. The Labute approximate surface area is 121 Å². The van der Waals surface area contributed by atoms with Gasteiger partial charge < -0.3 is 4.90 Å². The number of Topliss-reactive ketones (excluding diaryl/α,β-unsaturated/α-hetero) is 1. The highest BCUT2D eigenvalue weighted by Gasteiger charge is 2.17. The number of likely N-dealkylation sites (tertiary alicyclic amines) is 1. The first-order valence-electron chi connectivity index (χ1n) is 7.70. The number of hydrogen-bond donors (Lipinski definition) is 0. The van der Waals surface area contributed by atoms with Crippen LogP contribution in [0.25, 0.3) is 0 Å². The molecule has 0 bridgehead atoms. The molecule has 110 valence electrons. The molecule has 0 saturated carbocycles. The van der Waals surface area contributed by atoms with Gasteiger partial charge in [0, 0.05) is 13.0 Å². The second kappa shape index (κ2) is 7.53. The molecule has 1 aliphatic rings. The Morgan fingerprint density at radius 3 is 2.85 bits per heavy atom. The van der Waals surface area contributed by atoms with E-state index in [1.807, 2.05) is 0 Å². The average Bonchev–Trinajstić information content (AvgIpc) is 2.70. The Kier molecular flexibility index (Phi) is 5.72. The summed E-state index contributed by atoms with van der Waals surface area (Å²) in [5.41, 5.74) is 0.230. The van der Waals surface area contributed by atoms with Crippen molar-refractivity contribution in [2.24, 2.45) is 5.92 Å². The van der Waals surface area contributed by atoms with Crippen molar-refractivity contribution in [1.82, 2.24) is 4.90 Å². The lowest BCUT2D eigenvalue weighted by Crippen LogP contribution is -2.27. The molecule has 0 aliphatic carbocycles. The quantitative estimate of drug-likeness (QED) is 0.761. The molecule has 20 heavy (non-hydrogen) atoms. The van der Waals surface area contributed by atoms with Gasteiger partial charge in [-0.05, 0) is 50.4 Å². The van der Waals surface area contributed by atoms with Gasteiger partial charge in [-0.15, -0.1) is 0 Å². The molecule has 0 aromatic heterocycles. The van der Waals surface area contributed by atoms with Crippen LogP contribution in [0.4, 0.5) is 4.39 Å². The first kappa shape index (κ1) is 15.2. The van der Waals surface area contributed by atoms with E-state index in [9.17, 15) is 9.18 Å². The summed E-state index contributed by atoms with van der Waals surface area (Å²) >= 11 is 0. The molecule has 1 aromatic carbocycles. The van der Waals surface area contributed by atoms with Gasteiger partial charge in [0.25, 0.3) is 0 Å². The Bertz CT molecular complexity index is 446. The van der Waals surface area contributed by atoms with E-state index in [0.29, 0.717) is 6.42 Å². The molecule has 0 radical (unpaired) electrons. The predicted octanol–water partition coefficient (Wildman–Crippen LogP) is 3.91. The van der Waals surface area contributed by atoms with E-state index >= 15 is 0 Å². The molecule has 2 rings (SSSR count). The molecule has 1 aromatic rings. The van der Waals surface area contributed by atoms with Crippen molar-refractivity contribution < 1.29 is 9.18 Å². The molecule has 1 fully saturated rings. The third kappa shape index (κ3) is 4.14. The Balaban J connectivity index is 1.83. The molecule has 0 amide bonds. The molecule has 1 unspecified atom stereocenters. The fraction of sp³-hybridized carbons (Fsp3) is 0.588. The van der Waals surface area contributed by atoms with E-state index in [-0.39, 0.29) is 11.3 Å². The topological polar surface area (TPSA) is 20.3 Å². The van der Waals surface area contributed by atoms with Crippen molar-refractivity contribution in [3.8, 4) is 0 Å². The Hall–Kier alpha value is -1.22. The van der Waals surface area contributed by atoms with Crippen molar-refractivity contribution in [2.75, 3.05) is 19.6 Å². The maximum atomic E-state index is 13.5. The number of ketones is 1. The molecule has 3 heteroatoms. The number of rotatable bonds is 5. The number of carbonyl (C=O) groups excluding carboxylic acids is 1. The second-order valence-corrected chi connectivity index (χ2v) is 5.70. The molecule has 0 spiro atoms. The van der Waals surface area contributed by atoms with Crippen molar-refractivity contribution in [2.45, 2.75) is 39.0 Å². The van der Waals surface area contributed by atoms with Crippen LogP contribution >= 0.6 is 0 Å². The standard InChI is InChI=1S/C17H24FNO/c1-2-14-6-5-11-19(12-9-14)13-10-17(20)15-7-3-4-8-16(15)18/h3-4,7-8,14H,2,5-6,9-13H2,1H3. The van der Waals surface area contributed by atoms with Gasteiger partial charge in [-0.1, -0.05) is 25.5 Å². The molecule has 1 saturated heterocycles. The van der Waals surface area contributed by atoms with Crippen molar-refractivity contribution >= 4 is 5.78 Å². The zero-order valence-electron chi connectivity index (χ0n) is 12.3. The average molecular weight is 277 g/mol. The molecular weight excluding hydrogens is 253 g/mol. The van der Waals surface area contributed by atoms with Crippen LogP contribution in [0.3, 0.4) is 0 Å². The molecule has 1 heterocycles. The van der Waals surface area contributed by atoms with E-state index in [0.717, 1.165) is 25.6 Å². The first-order chi connectivity index (χ1) is 9.70. The lowest BCUT2D eigenvalue weighted by Gasteiger charge is -2.19. The Morgan fingerprint density at radius 2 is 2.10 bits per heavy atom. The minimum absolute atomic E-state index is 0.0839. The predicted molar refractivity (Wildman–Crippen MR) is 79.4 cm³/mol. The first-order valence-corrected chi connectivity index (χ1v) is 7.70. The highest BCUT2D eigenvalue weighted by atomic mass is 19.1. The van der Waals surface area contributed by atoms with E-state index in [4.69, 9.17) is 0 Å². The largest absolute Gasteiger partial charge is 0.303 e. The van der Waals surface area contributed by atoms with Gasteiger partial charge in [0.1, 0.15) is 5.82 Å². The zero-order chi connectivity index (χ0) is 14.4. The number of halogens is 1. The Morgan fingerprint density at radius 1 is 1.30 bits per heavy atom. The molecule has 2 nitrogen and oxygen atoms in total. The summed E-state index contributed by atoms with van der Waals surface area (Å²) in [5, 5.41) is 0. The maximum Gasteiger partial charge on any atom is 0.167 e. The summed E-state index contributed by atoms with van der Waals surface area (Å²) in [4.78, 5) is 14.4.